The summed E-state index contributed by atoms with van der Waals surface area (Å²) in [5.41, 5.74) is 1.72. The van der Waals surface area contributed by atoms with E-state index in [2.05, 4.69) is 21.3 Å². The maximum atomic E-state index is 13.3. The fourth-order valence-corrected chi connectivity index (χ4v) is 6.93. The fourth-order valence-electron chi connectivity index (χ4n) is 6.93. The zero-order valence-corrected chi connectivity index (χ0v) is 21.4. The van der Waals surface area contributed by atoms with Crippen LogP contribution in [0.3, 0.4) is 0 Å². The van der Waals surface area contributed by atoms with Crippen LogP contribution in [0.25, 0.3) is 11.4 Å². The molecule has 0 radical (unpaired) electrons. The molecule has 1 aromatic carbocycles. The van der Waals surface area contributed by atoms with Crippen molar-refractivity contribution < 1.29 is 9.59 Å². The maximum Gasteiger partial charge on any atom is 0.226 e. The highest BCUT2D eigenvalue weighted by molar-refractivity contribution is 5.83. The van der Waals surface area contributed by atoms with Gasteiger partial charge < -0.3 is 21.3 Å². The summed E-state index contributed by atoms with van der Waals surface area (Å²) < 4.78 is 0. The summed E-state index contributed by atoms with van der Waals surface area (Å²) in [6.07, 6.45) is 7.26. The smallest absolute Gasteiger partial charge is 0.226 e. The highest BCUT2D eigenvalue weighted by Crippen LogP contribution is 2.60. The molecule has 4 bridgehead atoms. The first-order valence-corrected chi connectivity index (χ1v) is 13.4. The van der Waals surface area contributed by atoms with Crippen LogP contribution < -0.4 is 21.3 Å². The predicted octanol–water partition coefficient (Wildman–Crippen LogP) is 3.74. The number of amides is 2. The van der Waals surface area contributed by atoms with Gasteiger partial charge >= 0.3 is 0 Å². The van der Waals surface area contributed by atoms with E-state index in [0.717, 1.165) is 59.8 Å². The molecule has 36 heavy (non-hydrogen) atoms. The van der Waals surface area contributed by atoms with Crippen LogP contribution >= 0.6 is 0 Å². The van der Waals surface area contributed by atoms with Crippen LogP contribution in [-0.4, -0.2) is 48.0 Å². The van der Waals surface area contributed by atoms with E-state index >= 15 is 0 Å². The Balaban J connectivity index is 1.22. The molecule has 8 nitrogen and oxygen atoms in total. The summed E-state index contributed by atoms with van der Waals surface area (Å²) in [4.78, 5) is 34.0. The molecule has 1 aromatic heterocycles. The molecule has 0 atom stereocenters. The minimum atomic E-state index is -0.120. The normalized spacial score (nSPS) is 25.9. The summed E-state index contributed by atoms with van der Waals surface area (Å²) in [6, 6.07) is 9.88. The molecule has 0 saturated heterocycles. The summed E-state index contributed by atoms with van der Waals surface area (Å²) in [5.74, 6) is 4.59. The lowest BCUT2D eigenvalue weighted by Crippen LogP contribution is -2.54. The van der Waals surface area contributed by atoms with Crippen LogP contribution in [0.4, 0.5) is 11.6 Å². The monoisotopic (exact) mass is 490 g/mol. The predicted molar refractivity (Wildman–Crippen MR) is 141 cm³/mol. The number of carbonyl (C=O) groups excluding carboxylic acids is 2. The summed E-state index contributed by atoms with van der Waals surface area (Å²) >= 11 is 0. The Morgan fingerprint density at radius 1 is 0.833 bits per heavy atom. The Kier molecular flexibility index (Phi) is 7.12. The molecule has 0 unspecified atom stereocenters. The molecule has 6 rings (SSSR count). The number of anilines is 2. The zero-order chi connectivity index (χ0) is 25.1. The number of nitrogens with zero attached hydrogens (tertiary/aromatic N) is 2. The molecule has 2 amide bonds. The number of hydrogen-bond donors (Lipinski definition) is 4. The number of rotatable bonds is 10. The van der Waals surface area contributed by atoms with E-state index in [0.29, 0.717) is 32.0 Å². The molecule has 8 heteroatoms. The first-order valence-electron chi connectivity index (χ1n) is 13.4. The third-order valence-corrected chi connectivity index (χ3v) is 8.19. The SMILES string of the molecule is CC(=O)NCCNc1nc(-c2ccccc2)nc(NCCNC(=O)C23CC4CC(CC(C4)C2)C3)c1C. The highest BCUT2D eigenvalue weighted by atomic mass is 16.2. The minimum Gasteiger partial charge on any atom is -0.368 e. The number of hydrogen-bond acceptors (Lipinski definition) is 6. The van der Waals surface area contributed by atoms with E-state index in [4.69, 9.17) is 9.97 Å². The van der Waals surface area contributed by atoms with Gasteiger partial charge in [0.15, 0.2) is 5.82 Å². The Morgan fingerprint density at radius 3 is 1.89 bits per heavy atom. The summed E-state index contributed by atoms with van der Waals surface area (Å²) in [7, 11) is 0. The van der Waals surface area contributed by atoms with Crippen LogP contribution in [0, 0.1) is 30.1 Å². The number of benzene rings is 1. The average molecular weight is 491 g/mol. The van der Waals surface area contributed by atoms with Gasteiger partial charge in [0.25, 0.3) is 0 Å². The number of nitrogens with one attached hydrogen (secondary N) is 4. The van der Waals surface area contributed by atoms with Crippen LogP contribution in [-0.2, 0) is 9.59 Å². The molecule has 0 spiro atoms. The van der Waals surface area contributed by atoms with E-state index in [1.807, 2.05) is 37.3 Å². The Labute approximate surface area is 213 Å². The van der Waals surface area contributed by atoms with Gasteiger partial charge in [-0.3, -0.25) is 9.59 Å². The van der Waals surface area contributed by atoms with E-state index < -0.39 is 0 Å². The third-order valence-electron chi connectivity index (χ3n) is 8.19. The van der Waals surface area contributed by atoms with Gasteiger partial charge in [-0.15, -0.1) is 0 Å². The molecular formula is C28H38N6O2. The van der Waals surface area contributed by atoms with E-state index in [1.165, 1.54) is 26.2 Å². The average Bonchev–Trinajstić information content (AvgIpc) is 2.85. The standard InChI is InChI=1S/C28H38N6O2/c1-18-24(30-9-8-29-19(2)35)33-26(23-6-4-3-5-7-23)34-25(18)31-10-11-32-27(36)28-15-20-12-21(16-28)14-22(13-20)17-28/h3-7,20-22H,8-17H2,1-2H3,(H,29,35)(H,32,36)(H2,30,31,33,34). The van der Waals surface area contributed by atoms with Gasteiger partial charge in [0.2, 0.25) is 11.8 Å². The third kappa shape index (κ3) is 5.32. The summed E-state index contributed by atoms with van der Waals surface area (Å²) in [6.45, 7) is 5.72. The molecule has 4 fully saturated rings. The van der Waals surface area contributed by atoms with Crippen molar-refractivity contribution in [1.82, 2.24) is 20.6 Å². The molecule has 4 aliphatic carbocycles. The van der Waals surface area contributed by atoms with Crippen molar-refractivity contribution in [2.75, 3.05) is 36.8 Å². The fraction of sp³-hybridized carbons (Fsp3) is 0.571. The second kappa shape index (κ2) is 10.4. The van der Waals surface area contributed by atoms with Gasteiger partial charge in [-0.25, -0.2) is 9.97 Å². The molecule has 192 valence electrons. The molecule has 4 N–H and O–H groups in total. The van der Waals surface area contributed by atoms with Gasteiger partial charge in [0, 0.05) is 49.6 Å². The topological polar surface area (TPSA) is 108 Å². The second-order valence-corrected chi connectivity index (χ2v) is 11.0. The highest BCUT2D eigenvalue weighted by Gasteiger charge is 2.54. The van der Waals surface area contributed by atoms with Crippen molar-refractivity contribution in [2.24, 2.45) is 23.2 Å². The van der Waals surface area contributed by atoms with Gasteiger partial charge in [-0.05, 0) is 63.2 Å². The molecule has 2 aromatic rings. The van der Waals surface area contributed by atoms with E-state index in [9.17, 15) is 9.59 Å². The van der Waals surface area contributed by atoms with Crippen LogP contribution in [0.1, 0.15) is 51.0 Å². The molecule has 4 saturated carbocycles. The van der Waals surface area contributed by atoms with Crippen molar-refractivity contribution in [3.8, 4) is 11.4 Å². The Bertz CT molecular complexity index is 1070. The van der Waals surface area contributed by atoms with Crippen LogP contribution in [0.15, 0.2) is 30.3 Å². The molecule has 1 heterocycles. The minimum absolute atomic E-state index is 0.0564. The van der Waals surface area contributed by atoms with E-state index in [-0.39, 0.29) is 17.2 Å². The quantitative estimate of drug-likeness (QED) is 0.378. The lowest BCUT2D eigenvalue weighted by molar-refractivity contribution is -0.146. The second-order valence-electron chi connectivity index (χ2n) is 11.0. The maximum absolute atomic E-state index is 13.3. The first kappa shape index (κ1) is 24.5. The van der Waals surface area contributed by atoms with Crippen molar-refractivity contribution >= 4 is 23.5 Å². The lowest BCUT2D eigenvalue weighted by atomic mass is 9.49. The van der Waals surface area contributed by atoms with Crippen molar-refractivity contribution in [3.63, 3.8) is 0 Å². The molecule has 0 aliphatic heterocycles. The van der Waals surface area contributed by atoms with Gasteiger partial charge in [0.1, 0.15) is 11.6 Å². The van der Waals surface area contributed by atoms with Gasteiger partial charge in [0.05, 0.1) is 0 Å². The number of aromatic nitrogens is 2. The molecule has 4 aliphatic rings. The van der Waals surface area contributed by atoms with Gasteiger partial charge in [-0.2, -0.15) is 0 Å². The van der Waals surface area contributed by atoms with Crippen LogP contribution in [0.5, 0.6) is 0 Å². The number of carbonyl (C=O) groups is 2. The first-order chi connectivity index (χ1) is 17.4. The largest absolute Gasteiger partial charge is 0.368 e. The van der Waals surface area contributed by atoms with Crippen molar-refractivity contribution in [3.05, 3.63) is 35.9 Å². The Morgan fingerprint density at radius 2 is 1.36 bits per heavy atom. The van der Waals surface area contributed by atoms with Crippen molar-refractivity contribution in [1.29, 1.82) is 0 Å². The van der Waals surface area contributed by atoms with Crippen molar-refractivity contribution in [2.45, 2.75) is 52.4 Å². The zero-order valence-electron chi connectivity index (χ0n) is 21.4. The molecular weight excluding hydrogens is 452 g/mol. The van der Waals surface area contributed by atoms with Gasteiger partial charge in [-0.1, -0.05) is 30.3 Å². The summed E-state index contributed by atoms with van der Waals surface area (Å²) in [5, 5.41) is 12.8. The lowest BCUT2D eigenvalue weighted by Gasteiger charge is -2.55. The Hall–Kier alpha value is -3.16. The van der Waals surface area contributed by atoms with Crippen LogP contribution in [0.2, 0.25) is 0 Å². The van der Waals surface area contributed by atoms with E-state index in [1.54, 1.807) is 0 Å².